The number of hydrogen-bond donors (Lipinski definition) is 1. The van der Waals surface area contributed by atoms with E-state index < -0.39 is 6.10 Å². The second-order valence-corrected chi connectivity index (χ2v) is 6.77. The Morgan fingerprint density at radius 1 is 0.815 bits per heavy atom. The third kappa shape index (κ3) is 4.76. The molecule has 3 aromatic carbocycles. The summed E-state index contributed by atoms with van der Waals surface area (Å²) in [6, 6.07) is 25.6. The first-order chi connectivity index (χ1) is 13.0. The quantitative estimate of drug-likeness (QED) is 0.674. The van der Waals surface area contributed by atoms with E-state index in [1.54, 1.807) is 6.92 Å². The summed E-state index contributed by atoms with van der Waals surface area (Å²) in [4.78, 5) is 12.8. The number of amides is 1. The molecule has 0 saturated carbocycles. The lowest BCUT2D eigenvalue weighted by Gasteiger charge is -2.23. The van der Waals surface area contributed by atoms with Crippen LogP contribution >= 0.6 is 0 Å². The van der Waals surface area contributed by atoms with Crippen LogP contribution in [-0.4, -0.2) is 12.0 Å². The highest BCUT2D eigenvalue weighted by Crippen LogP contribution is 2.23. The van der Waals surface area contributed by atoms with Crippen LogP contribution in [-0.2, 0) is 4.79 Å². The lowest BCUT2D eigenvalue weighted by molar-refractivity contribution is -0.127. The number of carbonyl (C=O) groups is 1. The van der Waals surface area contributed by atoms with Crippen LogP contribution in [0.15, 0.2) is 78.9 Å². The van der Waals surface area contributed by atoms with Crippen LogP contribution in [0, 0.1) is 13.8 Å². The van der Waals surface area contributed by atoms with Crippen LogP contribution in [0.4, 0.5) is 0 Å². The maximum absolute atomic E-state index is 12.8. The first-order valence-electron chi connectivity index (χ1n) is 9.19. The molecule has 1 N–H and O–H groups in total. The van der Waals surface area contributed by atoms with Crippen LogP contribution < -0.4 is 10.1 Å². The van der Waals surface area contributed by atoms with Gasteiger partial charge < -0.3 is 10.1 Å². The Morgan fingerprint density at radius 3 is 1.89 bits per heavy atom. The molecule has 1 amide bonds. The molecule has 3 rings (SSSR count). The smallest absolute Gasteiger partial charge is 0.261 e. The SMILES string of the molecule is Cc1ccc(O[C@H](C)C(=O)NC(c2ccccc2)c2ccccc2)cc1C. The number of nitrogens with one attached hydrogen (secondary N) is 1. The van der Waals surface area contributed by atoms with Crippen molar-refractivity contribution < 1.29 is 9.53 Å². The van der Waals surface area contributed by atoms with Crippen LogP contribution in [0.1, 0.15) is 35.2 Å². The van der Waals surface area contributed by atoms with Gasteiger partial charge in [-0.3, -0.25) is 4.79 Å². The minimum absolute atomic E-state index is 0.147. The van der Waals surface area contributed by atoms with E-state index in [1.165, 1.54) is 5.56 Å². The molecular weight excluding hydrogens is 334 g/mol. The molecule has 0 aromatic heterocycles. The lowest BCUT2D eigenvalue weighted by atomic mass is 9.98. The Morgan fingerprint density at radius 2 is 1.37 bits per heavy atom. The lowest BCUT2D eigenvalue weighted by Crippen LogP contribution is -2.39. The molecule has 3 aromatic rings. The summed E-state index contributed by atoms with van der Waals surface area (Å²) in [6.45, 7) is 5.87. The van der Waals surface area contributed by atoms with Crippen molar-refractivity contribution >= 4 is 5.91 Å². The zero-order chi connectivity index (χ0) is 19.2. The summed E-state index contributed by atoms with van der Waals surface area (Å²) >= 11 is 0. The molecule has 0 fully saturated rings. The largest absolute Gasteiger partial charge is 0.481 e. The summed E-state index contributed by atoms with van der Waals surface area (Å²) in [6.07, 6.45) is -0.595. The fourth-order valence-electron chi connectivity index (χ4n) is 2.95. The monoisotopic (exact) mass is 359 g/mol. The topological polar surface area (TPSA) is 38.3 Å². The minimum atomic E-state index is -0.595. The molecule has 27 heavy (non-hydrogen) atoms. The van der Waals surface area contributed by atoms with Crippen LogP contribution in [0.25, 0.3) is 0 Å². The molecule has 0 aliphatic rings. The maximum atomic E-state index is 12.8. The molecule has 0 heterocycles. The van der Waals surface area contributed by atoms with E-state index in [9.17, 15) is 4.79 Å². The second-order valence-electron chi connectivity index (χ2n) is 6.77. The number of benzene rings is 3. The van der Waals surface area contributed by atoms with E-state index in [-0.39, 0.29) is 11.9 Å². The van der Waals surface area contributed by atoms with E-state index in [0.29, 0.717) is 5.75 Å². The second kappa shape index (κ2) is 8.54. The van der Waals surface area contributed by atoms with Gasteiger partial charge in [-0.2, -0.15) is 0 Å². The van der Waals surface area contributed by atoms with Crippen molar-refractivity contribution in [2.45, 2.75) is 32.9 Å². The average molecular weight is 359 g/mol. The Bertz CT molecular complexity index is 851. The molecule has 3 heteroatoms. The van der Waals surface area contributed by atoms with Gasteiger partial charge in [-0.05, 0) is 55.2 Å². The molecule has 1 atom stereocenters. The molecule has 138 valence electrons. The fraction of sp³-hybridized carbons (Fsp3) is 0.208. The Labute approximate surface area is 161 Å². The van der Waals surface area contributed by atoms with Crippen molar-refractivity contribution in [3.05, 3.63) is 101 Å². The van der Waals surface area contributed by atoms with Gasteiger partial charge in [0, 0.05) is 0 Å². The highest BCUT2D eigenvalue weighted by Gasteiger charge is 2.21. The Balaban J connectivity index is 1.76. The minimum Gasteiger partial charge on any atom is -0.481 e. The van der Waals surface area contributed by atoms with E-state index >= 15 is 0 Å². The van der Waals surface area contributed by atoms with Gasteiger partial charge >= 0.3 is 0 Å². The average Bonchev–Trinajstić information content (AvgIpc) is 2.70. The van der Waals surface area contributed by atoms with Gasteiger partial charge in [-0.25, -0.2) is 0 Å². The predicted molar refractivity (Wildman–Crippen MR) is 109 cm³/mol. The fourth-order valence-corrected chi connectivity index (χ4v) is 2.95. The number of hydrogen-bond acceptors (Lipinski definition) is 2. The van der Waals surface area contributed by atoms with Crippen molar-refractivity contribution in [2.75, 3.05) is 0 Å². The molecule has 0 spiro atoms. The first-order valence-corrected chi connectivity index (χ1v) is 9.19. The van der Waals surface area contributed by atoms with Crippen molar-refractivity contribution in [1.82, 2.24) is 5.32 Å². The van der Waals surface area contributed by atoms with Crippen molar-refractivity contribution in [3.8, 4) is 5.75 Å². The van der Waals surface area contributed by atoms with Gasteiger partial charge in [0.2, 0.25) is 0 Å². The number of ether oxygens (including phenoxy) is 1. The number of aryl methyl sites for hydroxylation is 2. The van der Waals surface area contributed by atoms with Gasteiger partial charge in [0.1, 0.15) is 5.75 Å². The highest BCUT2D eigenvalue weighted by atomic mass is 16.5. The van der Waals surface area contributed by atoms with Gasteiger partial charge in [0.25, 0.3) is 5.91 Å². The van der Waals surface area contributed by atoms with Crippen LogP contribution in [0.5, 0.6) is 5.75 Å². The van der Waals surface area contributed by atoms with Crippen LogP contribution in [0.3, 0.4) is 0 Å². The van der Waals surface area contributed by atoms with E-state index in [1.807, 2.05) is 85.8 Å². The Kier molecular flexibility index (Phi) is 5.92. The van der Waals surface area contributed by atoms with E-state index in [0.717, 1.165) is 16.7 Å². The maximum Gasteiger partial charge on any atom is 0.261 e. The normalized spacial score (nSPS) is 11.9. The molecule has 3 nitrogen and oxygen atoms in total. The molecule has 0 unspecified atom stereocenters. The molecule has 0 saturated heterocycles. The Hall–Kier alpha value is -3.07. The molecule has 0 bridgehead atoms. The van der Waals surface area contributed by atoms with Gasteiger partial charge in [-0.1, -0.05) is 66.7 Å². The molecular formula is C24H25NO2. The predicted octanol–water partition coefficient (Wildman–Crippen LogP) is 4.98. The van der Waals surface area contributed by atoms with Gasteiger partial charge in [-0.15, -0.1) is 0 Å². The zero-order valence-electron chi connectivity index (χ0n) is 16.0. The summed E-state index contributed by atoms with van der Waals surface area (Å²) in [5.74, 6) is 0.558. The van der Waals surface area contributed by atoms with Crippen molar-refractivity contribution in [1.29, 1.82) is 0 Å². The molecule has 0 radical (unpaired) electrons. The summed E-state index contributed by atoms with van der Waals surface area (Å²) in [7, 11) is 0. The molecule has 0 aliphatic heterocycles. The number of carbonyl (C=O) groups excluding carboxylic acids is 1. The summed E-state index contributed by atoms with van der Waals surface area (Å²) in [5, 5.41) is 3.13. The standard InChI is InChI=1S/C24H25NO2/c1-17-14-15-22(16-18(17)2)27-19(3)24(26)25-23(20-10-6-4-7-11-20)21-12-8-5-9-13-21/h4-16,19,23H,1-3H3,(H,25,26)/t19-/m1/s1. The highest BCUT2D eigenvalue weighted by molar-refractivity contribution is 5.81. The van der Waals surface area contributed by atoms with Crippen molar-refractivity contribution in [2.24, 2.45) is 0 Å². The third-order valence-corrected chi connectivity index (χ3v) is 4.71. The zero-order valence-corrected chi connectivity index (χ0v) is 16.0. The molecule has 0 aliphatic carbocycles. The first kappa shape index (κ1) is 18.7. The van der Waals surface area contributed by atoms with Crippen molar-refractivity contribution in [3.63, 3.8) is 0 Å². The van der Waals surface area contributed by atoms with Gasteiger partial charge in [0.15, 0.2) is 6.10 Å². The summed E-state index contributed by atoms with van der Waals surface area (Å²) in [5.41, 5.74) is 4.42. The van der Waals surface area contributed by atoms with E-state index in [4.69, 9.17) is 4.74 Å². The third-order valence-electron chi connectivity index (χ3n) is 4.71. The number of rotatable bonds is 6. The van der Waals surface area contributed by atoms with E-state index in [2.05, 4.69) is 12.2 Å². The van der Waals surface area contributed by atoms with Crippen LogP contribution in [0.2, 0.25) is 0 Å². The summed E-state index contributed by atoms with van der Waals surface area (Å²) < 4.78 is 5.87. The van der Waals surface area contributed by atoms with Gasteiger partial charge in [0.05, 0.1) is 6.04 Å².